The second-order valence-corrected chi connectivity index (χ2v) is 12.3. The van der Waals surface area contributed by atoms with Crippen molar-refractivity contribution in [3.8, 4) is 39.4 Å². The third-order valence-electron chi connectivity index (χ3n) is 9.87. The highest BCUT2D eigenvalue weighted by Crippen LogP contribution is 2.64. The van der Waals surface area contributed by atoms with Crippen molar-refractivity contribution in [1.82, 2.24) is 0 Å². The molecule has 1 spiro atoms. The van der Waals surface area contributed by atoms with Crippen molar-refractivity contribution in [2.75, 3.05) is 4.90 Å². The van der Waals surface area contributed by atoms with E-state index in [1.165, 1.54) is 0 Å². The molecule has 0 unspecified atom stereocenters. The highest BCUT2D eigenvalue weighted by atomic mass is 15.2. The SMILES string of the molecule is [C-]#[N+]c1ccc2c(c1)C1(c3cc(C#N)ccc3-2)c2ccccc2N(c2cc(-c3ccccc3)cc(-c3ccccc3)c2)c2ccccc21. The van der Waals surface area contributed by atoms with Crippen LogP contribution >= 0.6 is 0 Å². The van der Waals surface area contributed by atoms with Crippen LogP contribution < -0.4 is 4.90 Å². The lowest BCUT2D eigenvalue weighted by Crippen LogP contribution is -2.36. The van der Waals surface area contributed by atoms with Gasteiger partial charge in [-0.05, 0) is 98.1 Å². The van der Waals surface area contributed by atoms with Crippen LogP contribution in [0.5, 0.6) is 0 Å². The molecule has 0 amide bonds. The highest BCUT2D eigenvalue weighted by Gasteiger charge is 2.51. The first-order chi connectivity index (χ1) is 23.7. The smallest absolute Gasteiger partial charge is 0.187 e. The lowest BCUT2D eigenvalue weighted by atomic mass is 9.64. The zero-order chi connectivity index (χ0) is 32.2. The molecule has 1 heterocycles. The first-order valence-electron chi connectivity index (χ1n) is 16.0. The molecule has 3 heteroatoms. The van der Waals surface area contributed by atoms with Crippen LogP contribution in [-0.4, -0.2) is 0 Å². The summed E-state index contributed by atoms with van der Waals surface area (Å²) in [5, 5.41) is 10.1. The van der Waals surface area contributed by atoms with Crippen LogP contribution in [0.3, 0.4) is 0 Å². The fraction of sp³-hybridized carbons (Fsp3) is 0.0222. The molecule has 0 saturated heterocycles. The van der Waals surface area contributed by atoms with E-state index in [4.69, 9.17) is 6.57 Å². The number of hydrogen-bond donors (Lipinski definition) is 0. The Morgan fingerprint density at radius 1 is 0.500 bits per heavy atom. The molecule has 7 aromatic rings. The normalized spacial score (nSPS) is 13.1. The fourth-order valence-electron chi connectivity index (χ4n) is 7.89. The average Bonchev–Trinajstić information content (AvgIpc) is 3.44. The minimum absolute atomic E-state index is 0.599. The molecule has 0 N–H and O–H groups in total. The van der Waals surface area contributed by atoms with Gasteiger partial charge in [0.15, 0.2) is 5.69 Å². The molecule has 0 fully saturated rings. The molecule has 48 heavy (non-hydrogen) atoms. The summed E-state index contributed by atoms with van der Waals surface area (Å²) >= 11 is 0. The second kappa shape index (κ2) is 10.7. The molecule has 7 aromatic carbocycles. The lowest BCUT2D eigenvalue weighted by molar-refractivity contribution is 0.753. The Labute approximate surface area is 280 Å². The van der Waals surface area contributed by atoms with Gasteiger partial charge in [-0.25, -0.2) is 4.85 Å². The quantitative estimate of drug-likeness (QED) is 0.187. The predicted octanol–water partition coefficient (Wildman–Crippen LogP) is 11.6. The van der Waals surface area contributed by atoms with Crippen LogP contribution in [0.25, 0.3) is 38.2 Å². The van der Waals surface area contributed by atoms with Crippen LogP contribution in [0.15, 0.2) is 164 Å². The molecule has 1 aliphatic heterocycles. The number of nitriles is 1. The van der Waals surface area contributed by atoms with E-state index in [-0.39, 0.29) is 0 Å². The van der Waals surface area contributed by atoms with E-state index in [1.807, 2.05) is 12.1 Å². The zero-order valence-corrected chi connectivity index (χ0v) is 25.9. The number of benzene rings is 7. The first-order valence-corrected chi connectivity index (χ1v) is 16.0. The molecule has 0 saturated carbocycles. The number of anilines is 3. The lowest BCUT2D eigenvalue weighted by Gasteiger charge is -2.45. The standard InChI is InChI=1S/C45H27N3/c1-47-35-21-23-38-37-22-20-30(29-46)24-41(37)45(42(38)28-35)39-16-8-10-18-43(39)48(44-19-11-9-17-40(44)45)36-26-33(31-12-4-2-5-13-31)25-34(27-36)32-14-6-3-7-15-32/h2-28H. The molecule has 1 aliphatic carbocycles. The van der Waals surface area contributed by atoms with Crippen LogP contribution in [0.1, 0.15) is 27.8 Å². The van der Waals surface area contributed by atoms with Gasteiger partial charge >= 0.3 is 0 Å². The minimum Gasteiger partial charge on any atom is -0.310 e. The molecule has 0 atom stereocenters. The van der Waals surface area contributed by atoms with Crippen LogP contribution in [-0.2, 0) is 5.41 Å². The maximum absolute atomic E-state index is 10.1. The van der Waals surface area contributed by atoms with Crippen molar-refractivity contribution in [3.05, 3.63) is 203 Å². The van der Waals surface area contributed by atoms with Gasteiger partial charge in [-0.15, -0.1) is 0 Å². The maximum atomic E-state index is 10.1. The number of hydrogen-bond acceptors (Lipinski definition) is 2. The summed E-state index contributed by atoms with van der Waals surface area (Å²) < 4.78 is 0. The van der Waals surface area contributed by atoms with Gasteiger partial charge in [-0.3, -0.25) is 0 Å². The molecular formula is C45H27N3. The van der Waals surface area contributed by atoms with Gasteiger partial charge in [-0.1, -0.05) is 121 Å². The zero-order valence-electron chi connectivity index (χ0n) is 25.9. The van der Waals surface area contributed by atoms with Gasteiger partial charge in [-0.2, -0.15) is 5.26 Å². The second-order valence-electron chi connectivity index (χ2n) is 12.3. The molecule has 3 nitrogen and oxygen atoms in total. The molecule has 0 aromatic heterocycles. The van der Waals surface area contributed by atoms with Gasteiger partial charge in [0.05, 0.1) is 35.0 Å². The maximum Gasteiger partial charge on any atom is 0.187 e. The van der Waals surface area contributed by atoms with Gasteiger partial charge in [0.25, 0.3) is 0 Å². The Hall–Kier alpha value is -6.68. The van der Waals surface area contributed by atoms with Crippen molar-refractivity contribution < 1.29 is 0 Å². The molecule has 0 bridgehead atoms. The van der Waals surface area contributed by atoms with Crippen molar-refractivity contribution in [1.29, 1.82) is 5.26 Å². The Kier molecular flexibility index (Phi) is 6.16. The first kappa shape index (κ1) is 27.6. The topological polar surface area (TPSA) is 31.4 Å². The molecular weight excluding hydrogens is 583 g/mol. The summed E-state index contributed by atoms with van der Waals surface area (Å²) in [6.45, 7) is 7.92. The summed E-state index contributed by atoms with van der Waals surface area (Å²) in [6.07, 6.45) is 0. The van der Waals surface area contributed by atoms with Crippen LogP contribution in [0, 0.1) is 17.9 Å². The van der Waals surface area contributed by atoms with Gasteiger partial charge < -0.3 is 4.90 Å². The minimum atomic E-state index is -0.721. The largest absolute Gasteiger partial charge is 0.310 e. The molecule has 222 valence electrons. The van der Waals surface area contributed by atoms with E-state index in [0.717, 1.165) is 72.7 Å². The number of nitrogens with zero attached hydrogens (tertiary/aromatic N) is 3. The average molecular weight is 610 g/mol. The number of para-hydroxylation sites is 2. The number of fused-ring (bicyclic) bond motifs is 9. The summed E-state index contributed by atoms with van der Waals surface area (Å²) in [5.74, 6) is 0. The third-order valence-corrected chi connectivity index (χ3v) is 9.87. The Balaban J connectivity index is 1.38. The van der Waals surface area contributed by atoms with E-state index in [9.17, 15) is 5.26 Å². The predicted molar refractivity (Wildman–Crippen MR) is 194 cm³/mol. The Morgan fingerprint density at radius 3 is 1.58 bits per heavy atom. The monoisotopic (exact) mass is 609 g/mol. The molecule has 9 rings (SSSR count). The number of rotatable bonds is 3. The van der Waals surface area contributed by atoms with E-state index in [1.54, 1.807) is 0 Å². The van der Waals surface area contributed by atoms with Gasteiger partial charge in [0.2, 0.25) is 0 Å². The van der Waals surface area contributed by atoms with Crippen molar-refractivity contribution in [3.63, 3.8) is 0 Å². The Morgan fingerprint density at radius 2 is 1.02 bits per heavy atom. The molecule has 0 radical (unpaired) electrons. The van der Waals surface area contributed by atoms with Gasteiger partial charge in [0, 0.05) is 5.69 Å². The summed E-state index contributed by atoms with van der Waals surface area (Å²) in [4.78, 5) is 6.25. The highest BCUT2D eigenvalue weighted by molar-refractivity contribution is 5.97. The van der Waals surface area contributed by atoms with Gasteiger partial charge in [0.1, 0.15) is 0 Å². The summed E-state index contributed by atoms with van der Waals surface area (Å²) in [6, 6.07) is 59.7. The summed E-state index contributed by atoms with van der Waals surface area (Å²) in [5.41, 5.74) is 14.8. The summed E-state index contributed by atoms with van der Waals surface area (Å²) in [7, 11) is 0. The van der Waals surface area contributed by atoms with E-state index >= 15 is 0 Å². The van der Waals surface area contributed by atoms with E-state index in [2.05, 4.69) is 167 Å². The van der Waals surface area contributed by atoms with Crippen molar-refractivity contribution in [2.45, 2.75) is 5.41 Å². The fourth-order valence-corrected chi connectivity index (χ4v) is 7.89. The van der Waals surface area contributed by atoms with Crippen molar-refractivity contribution in [2.24, 2.45) is 0 Å². The van der Waals surface area contributed by atoms with Crippen molar-refractivity contribution >= 4 is 22.7 Å². The van der Waals surface area contributed by atoms with Crippen LogP contribution in [0.2, 0.25) is 0 Å². The third kappa shape index (κ3) is 3.92. The Bertz CT molecular complexity index is 2310. The van der Waals surface area contributed by atoms with E-state index in [0.29, 0.717) is 11.3 Å². The van der Waals surface area contributed by atoms with E-state index < -0.39 is 5.41 Å². The van der Waals surface area contributed by atoms with Crippen LogP contribution in [0.4, 0.5) is 22.7 Å². The molecule has 2 aliphatic rings.